The Balaban J connectivity index is 2.35. The first kappa shape index (κ1) is 15.3. The van der Waals surface area contributed by atoms with Gasteiger partial charge >= 0.3 is 0 Å². The normalized spacial score (nSPS) is 11.1. The molecule has 19 heavy (non-hydrogen) atoms. The van der Waals surface area contributed by atoms with Crippen LogP contribution in [-0.4, -0.2) is 11.7 Å². The maximum Gasteiger partial charge on any atom is 0.227 e. The molecule has 0 aliphatic rings. The van der Waals surface area contributed by atoms with Crippen molar-refractivity contribution in [3.05, 3.63) is 28.3 Å². The van der Waals surface area contributed by atoms with E-state index in [0.29, 0.717) is 6.61 Å². The third-order valence-corrected chi connectivity index (χ3v) is 2.76. The highest BCUT2D eigenvalue weighted by molar-refractivity contribution is 5.17. The molecule has 5 heteroatoms. The predicted molar refractivity (Wildman–Crippen MR) is 69.6 cm³/mol. The summed E-state index contributed by atoms with van der Waals surface area (Å²) >= 11 is 0. The maximum atomic E-state index is 11.5. The Bertz CT molecular complexity index is 499. The average molecular weight is 265 g/mol. The van der Waals surface area contributed by atoms with Gasteiger partial charge in [-0.25, -0.2) is 0 Å². The molecule has 0 bridgehead atoms. The summed E-state index contributed by atoms with van der Waals surface area (Å²) in [6.45, 7) is 3.90. The fourth-order valence-corrected chi connectivity index (χ4v) is 1.53. The summed E-state index contributed by atoms with van der Waals surface area (Å²) in [5, 5.41) is 17.7. The minimum absolute atomic E-state index is 0.150. The van der Waals surface area contributed by atoms with Crippen molar-refractivity contribution < 1.29 is 14.3 Å². The summed E-state index contributed by atoms with van der Waals surface area (Å²) < 4.78 is 10.3. The summed E-state index contributed by atoms with van der Waals surface area (Å²) in [7, 11) is 0. The molecule has 0 spiro atoms. The van der Waals surface area contributed by atoms with E-state index in [2.05, 4.69) is 6.07 Å². The van der Waals surface area contributed by atoms with Crippen molar-refractivity contribution in [2.45, 2.75) is 39.7 Å². The average Bonchev–Trinajstić information content (AvgIpc) is 2.39. The van der Waals surface area contributed by atoms with Crippen LogP contribution in [0.3, 0.4) is 0 Å². The number of nitrogens with zero attached hydrogens (tertiary/aromatic N) is 1. The third kappa shape index (κ3) is 5.14. The maximum absolute atomic E-state index is 11.5. The second-order valence-electron chi connectivity index (χ2n) is 5.03. The first-order valence-electron chi connectivity index (χ1n) is 6.25. The molecule has 0 aromatic carbocycles. The van der Waals surface area contributed by atoms with Crippen molar-refractivity contribution in [3.8, 4) is 11.8 Å². The Labute approximate surface area is 112 Å². The zero-order valence-electron chi connectivity index (χ0n) is 11.3. The molecule has 0 saturated carbocycles. The van der Waals surface area contributed by atoms with E-state index in [9.17, 15) is 4.79 Å². The summed E-state index contributed by atoms with van der Waals surface area (Å²) in [6, 6.07) is 3.46. The van der Waals surface area contributed by atoms with E-state index < -0.39 is 0 Å². The molecular weight excluding hydrogens is 246 g/mol. The van der Waals surface area contributed by atoms with Crippen LogP contribution in [-0.2, 0) is 6.61 Å². The Morgan fingerprint density at radius 2 is 2.21 bits per heavy atom. The number of nitriles is 1. The van der Waals surface area contributed by atoms with Crippen LogP contribution in [0.1, 0.15) is 38.9 Å². The largest absolute Gasteiger partial charge is 0.487 e. The monoisotopic (exact) mass is 265 g/mol. The van der Waals surface area contributed by atoms with Gasteiger partial charge in [-0.05, 0) is 33.1 Å². The fraction of sp³-hybridized carbons (Fsp3) is 0.571. The first-order valence-corrected chi connectivity index (χ1v) is 6.25. The summed E-state index contributed by atoms with van der Waals surface area (Å²) in [4.78, 5) is 11.5. The van der Waals surface area contributed by atoms with E-state index in [4.69, 9.17) is 19.5 Å². The molecule has 5 nitrogen and oxygen atoms in total. The Morgan fingerprint density at radius 3 is 2.79 bits per heavy atom. The Hall–Kier alpha value is -1.80. The van der Waals surface area contributed by atoms with Gasteiger partial charge in [-0.2, -0.15) is 5.26 Å². The van der Waals surface area contributed by atoms with Crippen LogP contribution in [0.15, 0.2) is 21.5 Å². The van der Waals surface area contributed by atoms with Crippen molar-refractivity contribution >= 4 is 0 Å². The van der Waals surface area contributed by atoms with Gasteiger partial charge in [-0.1, -0.05) is 0 Å². The molecule has 0 aliphatic carbocycles. The summed E-state index contributed by atoms with van der Waals surface area (Å²) in [5.74, 6) is 0.366. The second-order valence-corrected chi connectivity index (χ2v) is 5.03. The molecule has 104 valence electrons. The lowest BCUT2D eigenvalue weighted by molar-refractivity contribution is 0.236. The van der Waals surface area contributed by atoms with Gasteiger partial charge in [0.05, 0.1) is 18.1 Å². The van der Waals surface area contributed by atoms with E-state index in [1.165, 1.54) is 12.3 Å². The third-order valence-electron chi connectivity index (χ3n) is 2.76. The van der Waals surface area contributed by atoms with Crippen LogP contribution in [0.2, 0.25) is 0 Å². The van der Waals surface area contributed by atoms with Crippen LogP contribution in [0, 0.1) is 16.7 Å². The molecular formula is C14H19NO4. The summed E-state index contributed by atoms with van der Waals surface area (Å²) in [6.07, 6.45) is 3.64. The number of hydrogen-bond donors (Lipinski definition) is 1. The van der Waals surface area contributed by atoms with Crippen molar-refractivity contribution in [2.24, 2.45) is 5.41 Å². The van der Waals surface area contributed by atoms with Gasteiger partial charge < -0.3 is 14.3 Å². The van der Waals surface area contributed by atoms with Gasteiger partial charge in [0.25, 0.3) is 0 Å². The van der Waals surface area contributed by atoms with Gasteiger partial charge in [0, 0.05) is 6.07 Å². The Kier molecular flexibility index (Phi) is 5.58. The van der Waals surface area contributed by atoms with Gasteiger partial charge in [0.1, 0.15) is 18.6 Å². The number of aliphatic hydroxyl groups is 1. The summed E-state index contributed by atoms with van der Waals surface area (Å²) in [5.41, 5.74) is -0.616. The highest BCUT2D eigenvalue weighted by Gasteiger charge is 2.15. The minimum Gasteiger partial charge on any atom is -0.487 e. The molecule has 0 radical (unpaired) electrons. The lowest BCUT2D eigenvalue weighted by Gasteiger charge is -2.14. The van der Waals surface area contributed by atoms with Crippen molar-refractivity contribution in [1.82, 2.24) is 0 Å². The minimum atomic E-state index is -0.318. The van der Waals surface area contributed by atoms with E-state index >= 15 is 0 Å². The SMILES string of the molecule is CC(C)(C#N)CCCCOc1coc(CO)cc1=O. The lowest BCUT2D eigenvalue weighted by atomic mass is 9.89. The second kappa shape index (κ2) is 6.95. The van der Waals surface area contributed by atoms with E-state index in [-0.39, 0.29) is 29.0 Å². The molecule has 0 atom stereocenters. The highest BCUT2D eigenvalue weighted by Crippen LogP contribution is 2.21. The first-order chi connectivity index (χ1) is 8.98. The van der Waals surface area contributed by atoms with Crippen LogP contribution < -0.4 is 10.2 Å². The fourth-order valence-electron chi connectivity index (χ4n) is 1.53. The van der Waals surface area contributed by atoms with E-state index in [1.807, 2.05) is 13.8 Å². The molecule has 0 saturated heterocycles. The highest BCUT2D eigenvalue weighted by atomic mass is 16.5. The predicted octanol–water partition coefficient (Wildman–Crippen LogP) is 2.23. The van der Waals surface area contributed by atoms with Crippen LogP contribution in [0.4, 0.5) is 0 Å². The molecule has 1 aromatic heterocycles. The van der Waals surface area contributed by atoms with Crippen molar-refractivity contribution in [1.29, 1.82) is 5.26 Å². The van der Waals surface area contributed by atoms with Gasteiger partial charge in [-0.15, -0.1) is 0 Å². The van der Waals surface area contributed by atoms with Crippen molar-refractivity contribution in [3.63, 3.8) is 0 Å². The standard InChI is InChI=1S/C14H19NO4/c1-14(2,10-15)5-3-4-6-18-13-9-19-11(8-16)7-12(13)17/h7,9,16H,3-6,8H2,1-2H3. The molecule has 0 fully saturated rings. The molecule has 1 heterocycles. The molecule has 1 rings (SSSR count). The number of aliphatic hydroxyl groups excluding tert-OH is 1. The number of unbranched alkanes of at least 4 members (excludes halogenated alkanes) is 1. The van der Waals surface area contributed by atoms with Crippen molar-refractivity contribution in [2.75, 3.05) is 6.61 Å². The Morgan fingerprint density at radius 1 is 1.47 bits per heavy atom. The zero-order chi connectivity index (χ0) is 14.3. The molecule has 1 aromatic rings. The molecule has 0 aliphatic heterocycles. The smallest absolute Gasteiger partial charge is 0.227 e. The van der Waals surface area contributed by atoms with Gasteiger partial charge in [0.2, 0.25) is 11.2 Å². The van der Waals surface area contributed by atoms with Gasteiger partial charge in [0.15, 0.2) is 0 Å². The lowest BCUT2D eigenvalue weighted by Crippen LogP contribution is -2.11. The van der Waals surface area contributed by atoms with Crippen LogP contribution in [0.25, 0.3) is 0 Å². The van der Waals surface area contributed by atoms with E-state index in [1.54, 1.807) is 0 Å². The number of hydrogen-bond acceptors (Lipinski definition) is 5. The van der Waals surface area contributed by atoms with Crippen LogP contribution in [0.5, 0.6) is 5.75 Å². The quantitative estimate of drug-likeness (QED) is 0.764. The van der Waals surface area contributed by atoms with Gasteiger partial charge in [-0.3, -0.25) is 4.79 Å². The zero-order valence-corrected chi connectivity index (χ0v) is 11.3. The topological polar surface area (TPSA) is 83.5 Å². The number of ether oxygens (including phenoxy) is 1. The number of rotatable bonds is 7. The molecule has 1 N–H and O–H groups in total. The van der Waals surface area contributed by atoms with Crippen LogP contribution >= 0.6 is 0 Å². The molecule has 0 unspecified atom stereocenters. The molecule has 0 amide bonds. The van der Waals surface area contributed by atoms with E-state index in [0.717, 1.165) is 19.3 Å².